The summed E-state index contributed by atoms with van der Waals surface area (Å²) >= 11 is 1.25. The summed E-state index contributed by atoms with van der Waals surface area (Å²) in [5.41, 5.74) is 8.25. The van der Waals surface area contributed by atoms with Crippen LogP contribution in [0.3, 0.4) is 0 Å². The second kappa shape index (κ2) is 5.44. The zero-order valence-corrected chi connectivity index (χ0v) is 13.3. The third kappa shape index (κ3) is 2.47. The van der Waals surface area contributed by atoms with Crippen LogP contribution in [0.1, 0.15) is 23.6 Å². The molecule has 0 aliphatic heterocycles. The van der Waals surface area contributed by atoms with E-state index in [1.165, 1.54) is 11.3 Å². The van der Waals surface area contributed by atoms with Crippen LogP contribution in [0, 0.1) is 0 Å². The van der Waals surface area contributed by atoms with Crippen molar-refractivity contribution in [2.24, 2.45) is 5.73 Å². The van der Waals surface area contributed by atoms with E-state index < -0.39 is 21.1 Å². The van der Waals surface area contributed by atoms with Gasteiger partial charge in [-0.15, -0.1) is 11.3 Å². The Balaban J connectivity index is 1.98. The molecule has 0 bridgehead atoms. The molecule has 0 saturated heterocycles. The summed E-state index contributed by atoms with van der Waals surface area (Å²) in [7, 11) is -1.74. The SMILES string of the molecule is COc1ccc2c(c1)CCC(S(=O)(=O)c1cccs1)C2N. The molecule has 21 heavy (non-hydrogen) atoms. The van der Waals surface area contributed by atoms with E-state index in [9.17, 15) is 8.42 Å². The van der Waals surface area contributed by atoms with Gasteiger partial charge in [-0.2, -0.15) is 0 Å². The van der Waals surface area contributed by atoms with Crippen LogP contribution >= 0.6 is 11.3 Å². The molecule has 2 unspecified atom stereocenters. The lowest BCUT2D eigenvalue weighted by atomic mass is 9.87. The number of rotatable bonds is 3. The van der Waals surface area contributed by atoms with E-state index in [1.54, 1.807) is 24.6 Å². The van der Waals surface area contributed by atoms with Gasteiger partial charge in [0.2, 0.25) is 0 Å². The molecular formula is C15H17NO3S2. The van der Waals surface area contributed by atoms with Crippen LogP contribution in [0.15, 0.2) is 39.9 Å². The molecule has 1 aliphatic carbocycles. The van der Waals surface area contributed by atoms with Crippen molar-refractivity contribution in [3.8, 4) is 5.75 Å². The molecule has 1 heterocycles. The summed E-state index contributed by atoms with van der Waals surface area (Å²) in [4.78, 5) is 0. The van der Waals surface area contributed by atoms with Gasteiger partial charge in [0.25, 0.3) is 0 Å². The maximum Gasteiger partial charge on any atom is 0.192 e. The maximum absolute atomic E-state index is 12.7. The Morgan fingerprint density at radius 2 is 2.14 bits per heavy atom. The Kier molecular flexibility index (Phi) is 3.77. The van der Waals surface area contributed by atoms with E-state index in [-0.39, 0.29) is 0 Å². The summed E-state index contributed by atoms with van der Waals surface area (Å²) in [6, 6.07) is 8.57. The van der Waals surface area contributed by atoms with Gasteiger partial charge in [0.05, 0.1) is 12.4 Å². The standard InChI is InChI=1S/C15H17NO3S2/c1-19-11-5-6-12-10(9-11)4-7-13(15(12)16)21(17,18)14-3-2-8-20-14/h2-3,5-6,8-9,13,15H,4,7,16H2,1H3. The zero-order chi connectivity index (χ0) is 15.0. The Bertz CT molecular complexity index is 738. The Labute approximate surface area is 128 Å². The largest absolute Gasteiger partial charge is 0.497 e. The molecule has 0 spiro atoms. The van der Waals surface area contributed by atoms with Gasteiger partial charge in [-0.1, -0.05) is 12.1 Å². The molecule has 2 atom stereocenters. The van der Waals surface area contributed by atoms with E-state index in [1.807, 2.05) is 18.2 Å². The normalized spacial score (nSPS) is 21.8. The lowest BCUT2D eigenvalue weighted by molar-refractivity contribution is 0.413. The monoisotopic (exact) mass is 323 g/mol. The Morgan fingerprint density at radius 1 is 1.33 bits per heavy atom. The van der Waals surface area contributed by atoms with Crippen LogP contribution in [-0.2, 0) is 16.3 Å². The third-order valence-corrected chi connectivity index (χ3v) is 7.65. The first kappa shape index (κ1) is 14.6. The summed E-state index contributed by atoms with van der Waals surface area (Å²) in [6.07, 6.45) is 1.25. The molecule has 0 saturated carbocycles. The number of fused-ring (bicyclic) bond motifs is 1. The third-order valence-electron chi connectivity index (χ3n) is 3.98. The summed E-state index contributed by atoms with van der Waals surface area (Å²) in [5.74, 6) is 0.778. The lowest BCUT2D eigenvalue weighted by Crippen LogP contribution is -2.37. The number of nitrogens with two attached hydrogens (primary N) is 1. The molecule has 112 valence electrons. The second-order valence-electron chi connectivity index (χ2n) is 5.14. The van der Waals surface area contributed by atoms with E-state index >= 15 is 0 Å². The van der Waals surface area contributed by atoms with Crippen molar-refractivity contribution in [2.45, 2.75) is 28.3 Å². The van der Waals surface area contributed by atoms with Crippen LogP contribution in [0.25, 0.3) is 0 Å². The van der Waals surface area contributed by atoms with Gasteiger partial charge in [0.1, 0.15) is 9.96 Å². The molecule has 2 aromatic rings. The molecule has 6 heteroatoms. The molecule has 0 fully saturated rings. The van der Waals surface area contributed by atoms with Crippen LogP contribution < -0.4 is 10.5 Å². The fraction of sp³-hybridized carbons (Fsp3) is 0.333. The van der Waals surface area contributed by atoms with Crippen molar-refractivity contribution in [2.75, 3.05) is 7.11 Å². The Hall–Kier alpha value is -1.37. The number of aryl methyl sites for hydroxylation is 1. The van der Waals surface area contributed by atoms with Gasteiger partial charge in [0, 0.05) is 6.04 Å². The molecular weight excluding hydrogens is 306 g/mol. The highest BCUT2D eigenvalue weighted by Crippen LogP contribution is 2.37. The van der Waals surface area contributed by atoms with E-state index in [0.29, 0.717) is 17.1 Å². The average Bonchev–Trinajstić information content (AvgIpc) is 3.02. The highest BCUT2D eigenvalue weighted by Gasteiger charge is 2.37. The summed E-state index contributed by atoms with van der Waals surface area (Å²) in [5, 5.41) is 1.22. The average molecular weight is 323 g/mol. The molecule has 0 amide bonds. The van der Waals surface area contributed by atoms with Crippen LogP contribution in [0.2, 0.25) is 0 Å². The minimum atomic E-state index is -3.36. The smallest absolute Gasteiger partial charge is 0.192 e. The van der Waals surface area contributed by atoms with E-state index in [4.69, 9.17) is 10.5 Å². The second-order valence-corrected chi connectivity index (χ2v) is 8.49. The van der Waals surface area contributed by atoms with Crippen molar-refractivity contribution in [3.63, 3.8) is 0 Å². The predicted octanol–water partition coefficient (Wildman–Crippen LogP) is 2.55. The van der Waals surface area contributed by atoms with Crippen molar-refractivity contribution in [1.82, 2.24) is 0 Å². The van der Waals surface area contributed by atoms with Gasteiger partial charge in [-0.05, 0) is 47.5 Å². The molecule has 1 aromatic carbocycles. The first-order chi connectivity index (χ1) is 10.0. The minimum Gasteiger partial charge on any atom is -0.497 e. The zero-order valence-electron chi connectivity index (χ0n) is 11.7. The van der Waals surface area contributed by atoms with Crippen LogP contribution in [0.4, 0.5) is 0 Å². The highest BCUT2D eigenvalue weighted by molar-refractivity contribution is 7.94. The molecule has 0 radical (unpaired) electrons. The number of sulfone groups is 1. The van der Waals surface area contributed by atoms with Crippen molar-refractivity contribution < 1.29 is 13.2 Å². The molecule has 4 nitrogen and oxygen atoms in total. The highest BCUT2D eigenvalue weighted by atomic mass is 32.2. The molecule has 2 N–H and O–H groups in total. The molecule has 3 rings (SSSR count). The Morgan fingerprint density at radius 3 is 2.81 bits per heavy atom. The van der Waals surface area contributed by atoms with Crippen LogP contribution in [-0.4, -0.2) is 20.8 Å². The first-order valence-corrected chi connectivity index (χ1v) is 9.16. The van der Waals surface area contributed by atoms with Gasteiger partial charge in [-0.3, -0.25) is 0 Å². The number of methoxy groups -OCH3 is 1. The van der Waals surface area contributed by atoms with Crippen molar-refractivity contribution in [1.29, 1.82) is 0 Å². The molecule has 1 aromatic heterocycles. The van der Waals surface area contributed by atoms with Gasteiger partial charge in [0.15, 0.2) is 9.84 Å². The van der Waals surface area contributed by atoms with Crippen LogP contribution in [0.5, 0.6) is 5.75 Å². The van der Waals surface area contributed by atoms with Crippen molar-refractivity contribution >= 4 is 21.2 Å². The fourth-order valence-corrected chi connectivity index (χ4v) is 5.90. The number of hydrogen-bond acceptors (Lipinski definition) is 5. The number of ether oxygens (including phenoxy) is 1. The van der Waals surface area contributed by atoms with E-state index in [0.717, 1.165) is 16.9 Å². The topological polar surface area (TPSA) is 69.4 Å². The number of benzene rings is 1. The summed E-state index contributed by atoms with van der Waals surface area (Å²) in [6.45, 7) is 0. The summed E-state index contributed by atoms with van der Waals surface area (Å²) < 4.78 is 31.0. The van der Waals surface area contributed by atoms with E-state index in [2.05, 4.69) is 0 Å². The van der Waals surface area contributed by atoms with Gasteiger partial charge in [-0.25, -0.2) is 8.42 Å². The molecule has 1 aliphatic rings. The number of thiophene rings is 1. The first-order valence-electron chi connectivity index (χ1n) is 6.74. The van der Waals surface area contributed by atoms with Crippen molar-refractivity contribution in [3.05, 3.63) is 46.8 Å². The van der Waals surface area contributed by atoms with Gasteiger partial charge < -0.3 is 10.5 Å². The fourth-order valence-electron chi connectivity index (χ4n) is 2.85. The predicted molar refractivity (Wildman–Crippen MR) is 83.5 cm³/mol. The minimum absolute atomic E-state index is 0.403. The quantitative estimate of drug-likeness (QED) is 0.942. The lowest BCUT2D eigenvalue weighted by Gasteiger charge is -2.30. The maximum atomic E-state index is 12.7. The van der Waals surface area contributed by atoms with Gasteiger partial charge >= 0.3 is 0 Å². The number of hydrogen-bond donors (Lipinski definition) is 1.